The van der Waals surface area contributed by atoms with Crippen LogP contribution in [0.25, 0.3) is 28.3 Å². The Bertz CT molecular complexity index is 1870. The summed E-state index contributed by atoms with van der Waals surface area (Å²) < 4.78 is 14.3. The average Bonchev–Trinajstić information content (AvgIpc) is 3.72. The van der Waals surface area contributed by atoms with E-state index in [-0.39, 0.29) is 75.7 Å². The molecule has 2 aromatic carbocycles. The Kier molecular flexibility index (Phi) is 11.2. The number of H-pyrrole nitrogens is 1. The molecule has 3 aromatic heterocycles. The summed E-state index contributed by atoms with van der Waals surface area (Å²) in [6.45, 7) is 5.93. The zero-order valence-corrected chi connectivity index (χ0v) is 28.8. The van der Waals surface area contributed by atoms with Crippen LogP contribution in [0.1, 0.15) is 61.9 Å². The van der Waals surface area contributed by atoms with Gasteiger partial charge in [-0.2, -0.15) is 10.1 Å². The zero-order chi connectivity index (χ0) is 30.6. The van der Waals surface area contributed by atoms with E-state index in [1.165, 1.54) is 12.4 Å². The molecule has 0 amide bonds. The number of aliphatic hydroxyl groups is 1. The fourth-order valence-corrected chi connectivity index (χ4v) is 6.14. The molecule has 1 unspecified atom stereocenters. The minimum absolute atomic E-state index is 0. The minimum atomic E-state index is -0.678. The summed E-state index contributed by atoms with van der Waals surface area (Å²) in [7, 11) is 0. The van der Waals surface area contributed by atoms with Gasteiger partial charge in [0.15, 0.2) is 5.82 Å². The largest absolute Gasteiger partial charge is 0.439 e. The standard InChI is InChI=1S/C33H36N6O5.K/c1-3-7-29-28(18-21-10-12-22(13-11-21)26-8-5-6-9-27(26)30-36-33(42)44-37-30)31(41)38(32-34-20-35-39(29)32)23-14-16-25(17-15-23)43-19-24(40)4-2;/h4-6,8-13,20,23-25,40H,2-3,7,14-19H2,1H3,(H,36,37,42);. The van der Waals surface area contributed by atoms with E-state index < -0.39 is 11.9 Å². The van der Waals surface area contributed by atoms with Crippen molar-refractivity contribution in [3.63, 3.8) is 0 Å². The van der Waals surface area contributed by atoms with Crippen LogP contribution in [0.15, 0.2) is 81.6 Å². The number of ether oxygens (including phenoxy) is 1. The van der Waals surface area contributed by atoms with E-state index in [9.17, 15) is 14.7 Å². The van der Waals surface area contributed by atoms with Crippen molar-refractivity contribution in [2.24, 2.45) is 0 Å². The normalized spacial score (nSPS) is 17.2. The molecular weight excluding hydrogens is 599 g/mol. The number of aromatic nitrogens is 6. The number of fused-ring (bicyclic) bond motifs is 1. The molecule has 45 heavy (non-hydrogen) atoms. The first-order valence-corrected chi connectivity index (χ1v) is 15.1. The molecule has 2 N–H and O–H groups in total. The first-order chi connectivity index (χ1) is 21.5. The molecule has 5 aromatic rings. The quantitative estimate of drug-likeness (QED) is 0.163. The number of aryl methyl sites for hydroxylation is 1. The summed E-state index contributed by atoms with van der Waals surface area (Å²) in [5.74, 6) is 0.342. The van der Waals surface area contributed by atoms with Crippen molar-refractivity contribution in [3.05, 3.63) is 105 Å². The molecule has 12 heteroatoms. The SMILES string of the molecule is C=CC(O)COC1CCC(n2c(=O)c(Cc3ccc(-c4ccccc4-c4noc(=O)[nH]4)cc3)c(CCC)n3ncnc23)CC1.[K]. The molecule has 0 bridgehead atoms. The number of benzene rings is 2. The van der Waals surface area contributed by atoms with Crippen molar-refractivity contribution in [1.29, 1.82) is 0 Å². The maximum atomic E-state index is 14.3. The monoisotopic (exact) mass is 635 g/mol. The van der Waals surface area contributed by atoms with E-state index in [4.69, 9.17) is 9.26 Å². The average molecular weight is 636 g/mol. The van der Waals surface area contributed by atoms with E-state index in [0.29, 0.717) is 24.4 Å². The number of aliphatic hydroxyl groups excluding tert-OH is 1. The molecule has 0 saturated heterocycles. The number of rotatable bonds is 11. The number of hydrogen-bond donors (Lipinski definition) is 2. The first kappa shape index (κ1) is 33.4. The Hall–Kier alpha value is -2.97. The fraction of sp³-hybridized carbons (Fsp3) is 0.364. The molecule has 6 rings (SSSR count). The number of hydrogen-bond acceptors (Lipinski definition) is 8. The number of nitrogens with zero attached hydrogens (tertiary/aromatic N) is 5. The van der Waals surface area contributed by atoms with Gasteiger partial charge in [0, 0.05) is 75.0 Å². The number of aromatic amines is 1. The van der Waals surface area contributed by atoms with E-state index in [1.54, 1.807) is 0 Å². The second kappa shape index (κ2) is 15.1. The molecule has 1 radical (unpaired) electrons. The van der Waals surface area contributed by atoms with E-state index in [1.807, 2.05) is 57.6 Å². The molecule has 1 aliphatic carbocycles. The van der Waals surface area contributed by atoms with Crippen LogP contribution in [-0.4, -0.2) is 105 Å². The summed E-state index contributed by atoms with van der Waals surface area (Å²) in [6.07, 6.45) is 7.51. The van der Waals surface area contributed by atoms with Gasteiger partial charge in [-0.15, -0.1) is 6.58 Å². The van der Waals surface area contributed by atoms with E-state index in [0.717, 1.165) is 65.6 Å². The third-order valence-corrected chi connectivity index (χ3v) is 8.36. The van der Waals surface area contributed by atoms with Crippen LogP contribution in [0.5, 0.6) is 0 Å². The van der Waals surface area contributed by atoms with Crippen LogP contribution in [0, 0.1) is 0 Å². The van der Waals surface area contributed by atoms with Crippen molar-refractivity contribution in [3.8, 4) is 22.5 Å². The Morgan fingerprint density at radius 3 is 2.51 bits per heavy atom. The Balaban J connectivity index is 0.00000400. The van der Waals surface area contributed by atoms with Gasteiger partial charge in [0.25, 0.3) is 5.56 Å². The molecule has 0 aliphatic heterocycles. The number of nitrogens with one attached hydrogen (secondary N) is 1. The van der Waals surface area contributed by atoms with Crippen LogP contribution in [0.4, 0.5) is 0 Å². The van der Waals surface area contributed by atoms with Gasteiger partial charge in [0.2, 0.25) is 5.78 Å². The maximum Gasteiger partial charge on any atom is 0.439 e. The minimum Gasteiger partial charge on any atom is -0.387 e. The van der Waals surface area contributed by atoms with Crippen molar-refractivity contribution >= 4 is 57.2 Å². The summed E-state index contributed by atoms with van der Waals surface area (Å²) in [5.41, 5.74) is 5.20. The van der Waals surface area contributed by atoms with Gasteiger partial charge >= 0.3 is 5.76 Å². The molecule has 1 saturated carbocycles. The second-order valence-electron chi connectivity index (χ2n) is 11.3. The molecule has 0 spiro atoms. The van der Waals surface area contributed by atoms with Gasteiger partial charge in [-0.1, -0.05) is 73.1 Å². The summed E-state index contributed by atoms with van der Waals surface area (Å²) in [5, 5.41) is 18.2. The molecular formula is C33H36KN6O5. The van der Waals surface area contributed by atoms with Gasteiger partial charge in [0.05, 0.1) is 24.5 Å². The Morgan fingerprint density at radius 1 is 1.11 bits per heavy atom. The first-order valence-electron chi connectivity index (χ1n) is 15.1. The van der Waals surface area contributed by atoms with Gasteiger partial charge < -0.3 is 9.84 Å². The molecule has 3 heterocycles. The van der Waals surface area contributed by atoms with Crippen LogP contribution in [-0.2, 0) is 17.6 Å². The Labute approximate surface area is 302 Å². The fourth-order valence-electron chi connectivity index (χ4n) is 6.14. The van der Waals surface area contributed by atoms with Crippen LogP contribution >= 0.6 is 0 Å². The van der Waals surface area contributed by atoms with Gasteiger partial charge in [-0.3, -0.25) is 18.9 Å². The summed E-state index contributed by atoms with van der Waals surface area (Å²) >= 11 is 0. The molecule has 229 valence electrons. The van der Waals surface area contributed by atoms with Crippen molar-refractivity contribution in [2.75, 3.05) is 6.61 Å². The van der Waals surface area contributed by atoms with Crippen LogP contribution in [0.2, 0.25) is 0 Å². The zero-order valence-electron chi connectivity index (χ0n) is 25.7. The summed E-state index contributed by atoms with van der Waals surface area (Å²) in [4.78, 5) is 33.0. The molecule has 11 nitrogen and oxygen atoms in total. The molecule has 1 atom stereocenters. The maximum absolute atomic E-state index is 14.3. The molecule has 1 fully saturated rings. The van der Waals surface area contributed by atoms with E-state index in [2.05, 4.69) is 33.7 Å². The van der Waals surface area contributed by atoms with Crippen molar-refractivity contribution in [1.82, 2.24) is 29.3 Å². The predicted molar refractivity (Wildman–Crippen MR) is 171 cm³/mol. The predicted octanol–water partition coefficient (Wildman–Crippen LogP) is 4.11. The van der Waals surface area contributed by atoms with E-state index >= 15 is 0 Å². The van der Waals surface area contributed by atoms with Crippen LogP contribution < -0.4 is 11.3 Å². The smallest absolute Gasteiger partial charge is 0.387 e. The third kappa shape index (κ3) is 7.22. The van der Waals surface area contributed by atoms with Gasteiger partial charge in [-0.25, -0.2) is 9.31 Å². The van der Waals surface area contributed by atoms with Gasteiger partial charge in [0.1, 0.15) is 6.33 Å². The van der Waals surface area contributed by atoms with Crippen molar-refractivity contribution in [2.45, 2.75) is 70.1 Å². The van der Waals surface area contributed by atoms with Gasteiger partial charge in [-0.05, 0) is 48.8 Å². The van der Waals surface area contributed by atoms with Crippen LogP contribution in [0.3, 0.4) is 0 Å². The summed E-state index contributed by atoms with van der Waals surface area (Å²) in [6, 6.07) is 15.7. The second-order valence-corrected chi connectivity index (χ2v) is 11.3. The third-order valence-electron chi connectivity index (χ3n) is 8.36. The van der Waals surface area contributed by atoms with Crippen molar-refractivity contribution < 1.29 is 14.4 Å². The Morgan fingerprint density at radius 2 is 1.84 bits per heavy atom. The molecule has 1 aliphatic rings. The topological polar surface area (TPSA) is 141 Å².